The molecule has 36 heavy (non-hydrogen) atoms. The molecule has 9 nitrogen and oxygen atoms in total. The van der Waals surface area contributed by atoms with Gasteiger partial charge in [0.2, 0.25) is 17.7 Å². The predicted octanol–water partition coefficient (Wildman–Crippen LogP) is 3.12. The van der Waals surface area contributed by atoms with Crippen molar-refractivity contribution in [1.82, 2.24) is 25.7 Å². The molecule has 0 aliphatic heterocycles. The van der Waals surface area contributed by atoms with Crippen molar-refractivity contribution in [1.29, 1.82) is 0 Å². The first-order valence-corrected chi connectivity index (χ1v) is 13.1. The van der Waals surface area contributed by atoms with E-state index in [1.165, 1.54) is 6.92 Å². The number of carbonyl (C=O) groups is 3. The summed E-state index contributed by atoms with van der Waals surface area (Å²) in [6.07, 6.45) is 10.2. The van der Waals surface area contributed by atoms with Crippen molar-refractivity contribution in [3.63, 3.8) is 0 Å². The minimum Gasteiger partial charge on any atom is -0.477 e. The molecule has 4 bridgehead atoms. The third-order valence-corrected chi connectivity index (χ3v) is 7.69. The molecule has 1 aromatic heterocycles. The number of hydrogen-bond acceptors (Lipinski definition) is 5. The van der Waals surface area contributed by atoms with E-state index in [0.29, 0.717) is 35.8 Å². The summed E-state index contributed by atoms with van der Waals surface area (Å²) >= 11 is 0. The maximum absolute atomic E-state index is 13.5. The van der Waals surface area contributed by atoms with E-state index in [1.54, 1.807) is 24.0 Å². The quantitative estimate of drug-likeness (QED) is 0.483. The average Bonchev–Trinajstić information content (AvgIpc) is 3.14. The van der Waals surface area contributed by atoms with Crippen LogP contribution in [0.1, 0.15) is 84.0 Å². The Balaban J connectivity index is 1.52. The molecular formula is C27H41N5O4. The molecule has 9 heteroatoms. The molecule has 2 atom stereocenters. The molecular weight excluding hydrogens is 458 g/mol. The van der Waals surface area contributed by atoms with Crippen molar-refractivity contribution in [2.45, 2.75) is 90.8 Å². The van der Waals surface area contributed by atoms with Crippen molar-refractivity contribution in [2.75, 3.05) is 6.61 Å². The molecule has 198 valence electrons. The van der Waals surface area contributed by atoms with Gasteiger partial charge in [-0.15, -0.1) is 0 Å². The molecule has 5 rings (SSSR count). The minimum absolute atomic E-state index is 0.0339. The van der Waals surface area contributed by atoms with E-state index in [-0.39, 0.29) is 35.2 Å². The highest BCUT2D eigenvalue weighted by molar-refractivity contribution is 5.96. The zero-order chi connectivity index (χ0) is 26.3. The van der Waals surface area contributed by atoms with Crippen LogP contribution in [0, 0.1) is 23.7 Å². The molecule has 1 aromatic rings. The lowest BCUT2D eigenvalue weighted by molar-refractivity contribution is -0.125. The van der Waals surface area contributed by atoms with Crippen LogP contribution in [0.15, 0.2) is 12.3 Å². The Kier molecular flexibility index (Phi) is 7.21. The Bertz CT molecular complexity index is 1030. The normalized spacial score (nSPS) is 29.0. The summed E-state index contributed by atoms with van der Waals surface area (Å²) < 4.78 is 7.62. The molecule has 3 N–H and O–H groups in total. The molecule has 4 saturated carbocycles. The van der Waals surface area contributed by atoms with Gasteiger partial charge in [-0.2, -0.15) is 5.10 Å². The van der Waals surface area contributed by atoms with Crippen molar-refractivity contribution >= 4 is 23.9 Å². The highest BCUT2D eigenvalue weighted by Gasteiger charge is 2.56. The lowest BCUT2D eigenvalue weighted by Crippen LogP contribution is -2.66. The SMILES string of the molecule is CC(=O)NC(C)(C)/C=C/n1ncc(C(=O)N[C@H]2C3CC4CC2C[C@](NC(C)=O)(C4)C3)c1OCC(C)C. The summed E-state index contributed by atoms with van der Waals surface area (Å²) in [5.74, 6) is 1.74. The number of amides is 3. The molecule has 0 aromatic carbocycles. The maximum Gasteiger partial charge on any atom is 0.258 e. The van der Waals surface area contributed by atoms with Gasteiger partial charge in [0, 0.05) is 31.6 Å². The van der Waals surface area contributed by atoms with Gasteiger partial charge >= 0.3 is 0 Å². The van der Waals surface area contributed by atoms with Gasteiger partial charge in [-0.25, -0.2) is 4.68 Å². The zero-order valence-electron chi connectivity index (χ0n) is 22.4. The van der Waals surface area contributed by atoms with Crippen molar-refractivity contribution in [3.05, 3.63) is 17.8 Å². The van der Waals surface area contributed by atoms with Gasteiger partial charge in [-0.1, -0.05) is 13.8 Å². The van der Waals surface area contributed by atoms with Crippen LogP contribution in [0.3, 0.4) is 0 Å². The largest absolute Gasteiger partial charge is 0.477 e. The summed E-state index contributed by atoms with van der Waals surface area (Å²) in [6, 6.07) is 0.0893. The Morgan fingerprint density at radius 1 is 1.17 bits per heavy atom. The van der Waals surface area contributed by atoms with E-state index in [1.807, 2.05) is 19.9 Å². The van der Waals surface area contributed by atoms with E-state index >= 15 is 0 Å². The molecule has 4 aliphatic carbocycles. The van der Waals surface area contributed by atoms with Crippen molar-refractivity contribution in [3.8, 4) is 5.88 Å². The standard InChI is InChI=1S/C27H41N5O4/c1-16(2)15-36-25-22(14-28-32(25)8-7-26(5,6)30-17(3)33)24(35)29-23-20-9-19-10-21(23)13-27(11-19,12-20)31-18(4)34/h7-8,14,16,19-21,23H,9-13,15H2,1-6H3,(H,29,35)(H,30,33)(H,31,34)/b8-7+/t19?,20?,21?,23-,27-. The molecule has 3 amide bonds. The van der Waals surface area contributed by atoms with Crippen molar-refractivity contribution in [2.24, 2.45) is 23.7 Å². The summed E-state index contributed by atoms with van der Waals surface area (Å²) in [6.45, 7) is 11.4. The topological polar surface area (TPSA) is 114 Å². The molecule has 0 saturated heterocycles. The fourth-order valence-corrected chi connectivity index (χ4v) is 6.77. The van der Waals surface area contributed by atoms with E-state index in [4.69, 9.17) is 4.74 Å². The molecule has 4 fully saturated rings. The summed E-state index contributed by atoms with van der Waals surface area (Å²) in [5.41, 5.74) is -0.284. The smallest absolute Gasteiger partial charge is 0.258 e. The first kappa shape index (κ1) is 26.2. The molecule has 1 heterocycles. The van der Waals surface area contributed by atoms with Crippen LogP contribution in [-0.2, 0) is 9.59 Å². The summed E-state index contributed by atoms with van der Waals surface area (Å²) in [4.78, 5) is 36.9. The van der Waals surface area contributed by atoms with Crippen LogP contribution < -0.4 is 20.7 Å². The Labute approximate surface area is 213 Å². The zero-order valence-corrected chi connectivity index (χ0v) is 22.4. The van der Waals surface area contributed by atoms with Crippen LogP contribution in [0.5, 0.6) is 5.88 Å². The number of nitrogens with zero attached hydrogens (tertiary/aromatic N) is 2. The predicted molar refractivity (Wildman–Crippen MR) is 137 cm³/mol. The second kappa shape index (κ2) is 9.90. The highest BCUT2D eigenvalue weighted by Crippen LogP contribution is 2.55. The monoisotopic (exact) mass is 499 g/mol. The molecule has 2 unspecified atom stereocenters. The van der Waals surface area contributed by atoms with Gasteiger partial charge in [0.1, 0.15) is 5.56 Å². The van der Waals surface area contributed by atoms with Gasteiger partial charge in [0.15, 0.2) is 0 Å². The fraction of sp³-hybridized carbons (Fsp3) is 0.704. The summed E-state index contributed by atoms with van der Waals surface area (Å²) in [5, 5.41) is 13.9. The number of hydrogen-bond donors (Lipinski definition) is 3. The third-order valence-electron chi connectivity index (χ3n) is 7.69. The van der Waals surface area contributed by atoms with Gasteiger partial charge in [0.05, 0.1) is 18.3 Å². The number of rotatable bonds is 9. The molecule has 4 aliphatic rings. The average molecular weight is 500 g/mol. The Morgan fingerprint density at radius 3 is 2.42 bits per heavy atom. The van der Waals surface area contributed by atoms with E-state index in [9.17, 15) is 14.4 Å². The maximum atomic E-state index is 13.5. The lowest BCUT2D eigenvalue weighted by Gasteiger charge is -2.60. The van der Waals surface area contributed by atoms with Gasteiger partial charge < -0.3 is 20.7 Å². The number of carbonyl (C=O) groups excluding carboxylic acids is 3. The minimum atomic E-state index is -0.584. The van der Waals surface area contributed by atoms with Crippen LogP contribution in [0.4, 0.5) is 0 Å². The Hall–Kier alpha value is -2.84. The number of aromatic nitrogens is 2. The second-order valence-corrected chi connectivity index (χ2v) is 12.2. The Morgan fingerprint density at radius 2 is 1.83 bits per heavy atom. The lowest BCUT2D eigenvalue weighted by atomic mass is 9.51. The van der Waals surface area contributed by atoms with Crippen LogP contribution >= 0.6 is 0 Å². The van der Waals surface area contributed by atoms with Crippen LogP contribution in [0.25, 0.3) is 6.20 Å². The van der Waals surface area contributed by atoms with E-state index in [2.05, 4.69) is 34.9 Å². The van der Waals surface area contributed by atoms with E-state index in [0.717, 1.165) is 32.1 Å². The van der Waals surface area contributed by atoms with Crippen LogP contribution in [0.2, 0.25) is 0 Å². The van der Waals surface area contributed by atoms with E-state index < -0.39 is 5.54 Å². The fourth-order valence-electron chi connectivity index (χ4n) is 6.77. The second-order valence-electron chi connectivity index (χ2n) is 12.2. The van der Waals surface area contributed by atoms with Gasteiger partial charge in [-0.05, 0) is 75.7 Å². The third kappa shape index (κ3) is 5.76. The molecule has 0 spiro atoms. The van der Waals surface area contributed by atoms with Gasteiger partial charge in [0.25, 0.3) is 5.91 Å². The number of nitrogens with one attached hydrogen (secondary N) is 3. The van der Waals surface area contributed by atoms with Crippen LogP contribution in [-0.4, -0.2) is 51.2 Å². The van der Waals surface area contributed by atoms with Gasteiger partial charge in [-0.3, -0.25) is 14.4 Å². The number of ether oxygens (including phenoxy) is 1. The highest BCUT2D eigenvalue weighted by atomic mass is 16.5. The van der Waals surface area contributed by atoms with Crippen molar-refractivity contribution < 1.29 is 19.1 Å². The molecule has 0 radical (unpaired) electrons. The first-order valence-electron chi connectivity index (χ1n) is 13.1. The summed E-state index contributed by atoms with van der Waals surface area (Å²) in [7, 11) is 0. The first-order chi connectivity index (χ1) is 16.9.